The smallest absolute Gasteiger partial charge is 0.295 e. The van der Waals surface area contributed by atoms with Crippen molar-refractivity contribution < 1.29 is 9.34 Å². The lowest BCUT2D eigenvalue weighted by Gasteiger charge is -2.08. The van der Waals surface area contributed by atoms with Crippen LogP contribution < -0.4 is 5.32 Å². The second-order valence-corrected chi connectivity index (χ2v) is 5.59. The first-order valence-electron chi connectivity index (χ1n) is 6.90. The average Bonchev–Trinajstić information content (AvgIpc) is 3.00. The van der Waals surface area contributed by atoms with Gasteiger partial charge in [-0.3, -0.25) is 10.1 Å². The largest absolute Gasteiger partial charge is 0.424 e. The van der Waals surface area contributed by atoms with E-state index in [4.69, 9.17) is 4.42 Å². The van der Waals surface area contributed by atoms with Gasteiger partial charge in [0.25, 0.3) is 11.7 Å². The van der Waals surface area contributed by atoms with Crippen LogP contribution in [0.2, 0.25) is 0 Å². The van der Waals surface area contributed by atoms with Gasteiger partial charge in [0.1, 0.15) is 5.52 Å². The summed E-state index contributed by atoms with van der Waals surface area (Å²) in [5, 5.41) is 13.9. The van der Waals surface area contributed by atoms with E-state index >= 15 is 0 Å². The van der Waals surface area contributed by atoms with E-state index in [1.165, 1.54) is 31.4 Å². The van der Waals surface area contributed by atoms with Gasteiger partial charge in [-0.15, -0.1) is 0 Å². The molecule has 106 valence electrons. The van der Waals surface area contributed by atoms with Crippen LogP contribution in [0.4, 0.5) is 11.7 Å². The number of hydrogen-bond acceptors (Lipinski definition) is 5. The van der Waals surface area contributed by atoms with Crippen molar-refractivity contribution in [3.63, 3.8) is 0 Å². The van der Waals surface area contributed by atoms with Gasteiger partial charge < -0.3 is 9.73 Å². The minimum Gasteiger partial charge on any atom is -0.424 e. The van der Waals surface area contributed by atoms with Crippen LogP contribution in [-0.2, 0) is 0 Å². The van der Waals surface area contributed by atoms with Crippen LogP contribution in [0.15, 0.2) is 22.6 Å². The van der Waals surface area contributed by atoms with Crippen molar-refractivity contribution in [3.05, 3.63) is 28.3 Å². The zero-order valence-electron chi connectivity index (χ0n) is 11.3. The van der Waals surface area contributed by atoms with Crippen LogP contribution in [0.1, 0.15) is 26.2 Å². The van der Waals surface area contributed by atoms with E-state index in [0.29, 0.717) is 23.0 Å². The summed E-state index contributed by atoms with van der Waals surface area (Å²) in [6.45, 7) is 3.12. The van der Waals surface area contributed by atoms with Crippen LogP contribution in [0.25, 0.3) is 11.1 Å². The van der Waals surface area contributed by atoms with Gasteiger partial charge >= 0.3 is 0 Å². The van der Waals surface area contributed by atoms with E-state index in [1.54, 1.807) is 6.07 Å². The van der Waals surface area contributed by atoms with E-state index in [9.17, 15) is 10.1 Å². The number of fused-ring (bicyclic) bond motifs is 1. The fourth-order valence-corrected chi connectivity index (χ4v) is 2.85. The van der Waals surface area contributed by atoms with E-state index in [0.717, 1.165) is 12.5 Å². The normalized spacial score (nSPS) is 22.2. The summed E-state index contributed by atoms with van der Waals surface area (Å²) in [6, 6.07) is 4.89. The van der Waals surface area contributed by atoms with E-state index in [1.807, 2.05) is 0 Å². The molecular weight excluding hydrogens is 258 g/mol. The molecule has 0 saturated heterocycles. The summed E-state index contributed by atoms with van der Waals surface area (Å²) in [5.74, 6) is 1.46. The number of hydrogen-bond donors (Lipinski definition) is 1. The van der Waals surface area contributed by atoms with Gasteiger partial charge in [-0.25, -0.2) is 0 Å². The summed E-state index contributed by atoms with van der Waals surface area (Å²) in [7, 11) is 0. The predicted octanol–water partition coefficient (Wildman–Crippen LogP) is 3.58. The molecule has 0 spiro atoms. The van der Waals surface area contributed by atoms with Crippen molar-refractivity contribution in [2.24, 2.45) is 11.8 Å². The number of nitro benzene ring substituents is 1. The molecule has 1 aromatic heterocycles. The second kappa shape index (κ2) is 5.11. The molecule has 0 aliphatic heterocycles. The molecule has 2 aromatic rings. The third kappa shape index (κ3) is 2.59. The Morgan fingerprint density at radius 3 is 3.05 bits per heavy atom. The molecule has 6 heteroatoms. The zero-order chi connectivity index (χ0) is 14.1. The van der Waals surface area contributed by atoms with Crippen LogP contribution in [0.3, 0.4) is 0 Å². The number of rotatable bonds is 4. The van der Waals surface area contributed by atoms with E-state index < -0.39 is 4.92 Å². The average molecular weight is 275 g/mol. The van der Waals surface area contributed by atoms with E-state index in [2.05, 4.69) is 17.2 Å². The van der Waals surface area contributed by atoms with Gasteiger partial charge in [0, 0.05) is 18.7 Å². The predicted molar refractivity (Wildman–Crippen MR) is 75.7 cm³/mol. The van der Waals surface area contributed by atoms with Gasteiger partial charge in [-0.2, -0.15) is 4.98 Å². The second-order valence-electron chi connectivity index (χ2n) is 5.59. The molecular formula is C14H17N3O3. The first kappa shape index (κ1) is 12.9. The minimum atomic E-state index is -0.429. The molecule has 6 nitrogen and oxygen atoms in total. The molecule has 1 aromatic carbocycles. The number of benzene rings is 1. The molecule has 2 unspecified atom stereocenters. The lowest BCUT2D eigenvalue weighted by molar-refractivity contribution is -0.384. The highest BCUT2D eigenvalue weighted by molar-refractivity contribution is 5.77. The molecule has 0 bridgehead atoms. The number of nitro groups is 1. The fraction of sp³-hybridized carbons (Fsp3) is 0.500. The maximum atomic E-state index is 10.7. The number of oxazole rings is 1. The third-order valence-corrected chi connectivity index (χ3v) is 3.93. The first-order valence-corrected chi connectivity index (χ1v) is 6.90. The molecule has 2 atom stereocenters. The Morgan fingerprint density at radius 2 is 2.35 bits per heavy atom. The molecule has 20 heavy (non-hydrogen) atoms. The highest BCUT2D eigenvalue weighted by Gasteiger charge is 2.21. The van der Waals surface area contributed by atoms with Crippen molar-refractivity contribution in [2.75, 3.05) is 11.9 Å². The summed E-state index contributed by atoms with van der Waals surface area (Å²) in [4.78, 5) is 14.5. The maximum absolute atomic E-state index is 10.7. The quantitative estimate of drug-likeness (QED) is 0.681. The van der Waals surface area contributed by atoms with Crippen LogP contribution in [0, 0.1) is 22.0 Å². The number of anilines is 1. The lowest BCUT2D eigenvalue weighted by Crippen LogP contribution is -2.11. The Labute approximate surface area is 116 Å². The molecule has 1 aliphatic carbocycles. The van der Waals surface area contributed by atoms with Crippen molar-refractivity contribution in [1.29, 1.82) is 0 Å². The van der Waals surface area contributed by atoms with Gasteiger partial charge in [0.05, 0.1) is 4.92 Å². The Kier molecular flexibility index (Phi) is 3.30. The molecule has 0 amide bonds. The Hall–Kier alpha value is -2.11. The zero-order valence-corrected chi connectivity index (χ0v) is 11.3. The number of aromatic nitrogens is 1. The molecule has 1 heterocycles. The summed E-state index contributed by atoms with van der Waals surface area (Å²) < 4.78 is 5.54. The molecule has 0 radical (unpaired) electrons. The monoisotopic (exact) mass is 275 g/mol. The summed E-state index contributed by atoms with van der Waals surface area (Å²) in [6.07, 6.45) is 3.75. The standard InChI is InChI=1S/C14H17N3O3/c1-9-2-3-10(6-9)8-15-14-16-12-7-11(17(18)19)4-5-13(12)20-14/h4-5,7,9-10H,2-3,6,8H2,1H3,(H,15,16). The van der Waals surface area contributed by atoms with Crippen LogP contribution in [0.5, 0.6) is 0 Å². The topological polar surface area (TPSA) is 81.2 Å². The third-order valence-electron chi connectivity index (χ3n) is 3.93. The van der Waals surface area contributed by atoms with Gasteiger partial charge in [0.2, 0.25) is 0 Å². The number of nitrogens with one attached hydrogen (secondary N) is 1. The summed E-state index contributed by atoms with van der Waals surface area (Å²) in [5.41, 5.74) is 1.11. The summed E-state index contributed by atoms with van der Waals surface area (Å²) >= 11 is 0. The SMILES string of the molecule is CC1CCC(CNc2nc3cc([N+](=O)[O-])ccc3o2)C1. The minimum absolute atomic E-state index is 0.0296. The Morgan fingerprint density at radius 1 is 1.50 bits per heavy atom. The van der Waals surface area contributed by atoms with Gasteiger partial charge in [-0.1, -0.05) is 13.3 Å². The molecule has 1 N–H and O–H groups in total. The van der Waals surface area contributed by atoms with Crippen molar-refractivity contribution >= 4 is 22.8 Å². The van der Waals surface area contributed by atoms with Crippen molar-refractivity contribution in [2.45, 2.75) is 26.2 Å². The number of nitrogens with zero attached hydrogens (tertiary/aromatic N) is 2. The maximum Gasteiger partial charge on any atom is 0.295 e. The Balaban J connectivity index is 1.71. The fourth-order valence-electron chi connectivity index (χ4n) is 2.85. The van der Waals surface area contributed by atoms with Gasteiger partial charge in [0.15, 0.2) is 5.58 Å². The molecule has 1 fully saturated rings. The highest BCUT2D eigenvalue weighted by atomic mass is 16.6. The van der Waals surface area contributed by atoms with Crippen molar-refractivity contribution in [1.82, 2.24) is 4.98 Å². The highest BCUT2D eigenvalue weighted by Crippen LogP contribution is 2.30. The van der Waals surface area contributed by atoms with Crippen molar-refractivity contribution in [3.8, 4) is 0 Å². The molecule has 1 saturated carbocycles. The molecule has 1 aliphatic rings. The molecule has 3 rings (SSSR count). The first-order chi connectivity index (χ1) is 9.61. The number of non-ortho nitro benzene ring substituents is 1. The van der Waals surface area contributed by atoms with E-state index in [-0.39, 0.29) is 5.69 Å². The Bertz CT molecular complexity index is 638. The van der Waals surface area contributed by atoms with Crippen LogP contribution >= 0.6 is 0 Å². The lowest BCUT2D eigenvalue weighted by atomic mass is 10.1. The van der Waals surface area contributed by atoms with Crippen LogP contribution in [-0.4, -0.2) is 16.5 Å². The van der Waals surface area contributed by atoms with Gasteiger partial charge in [-0.05, 0) is 30.7 Å².